The van der Waals surface area contributed by atoms with E-state index in [0.717, 1.165) is 4.73 Å². The summed E-state index contributed by atoms with van der Waals surface area (Å²) >= 11 is 12.0. The number of fused-ring (bicyclic) bond motifs is 2. The van der Waals surface area contributed by atoms with Crippen LogP contribution in [0.5, 0.6) is 0 Å². The lowest BCUT2D eigenvalue weighted by Gasteiger charge is -2.06. The van der Waals surface area contributed by atoms with Crippen LogP contribution in [0.15, 0.2) is 36.4 Å². The summed E-state index contributed by atoms with van der Waals surface area (Å²) in [5.41, 5.74) is 1.95. The SMILES string of the molecule is [O-][n+]1c2ccccc2nc2c(Cl)c(Cl)ccc21. The molecule has 0 radical (unpaired) electrons. The van der Waals surface area contributed by atoms with Crippen molar-refractivity contribution in [3.63, 3.8) is 0 Å². The largest absolute Gasteiger partial charge is 0.618 e. The molecule has 0 saturated carbocycles. The Morgan fingerprint density at radius 1 is 1.00 bits per heavy atom. The van der Waals surface area contributed by atoms with Gasteiger partial charge in [-0.2, -0.15) is 4.73 Å². The van der Waals surface area contributed by atoms with Gasteiger partial charge in [0.25, 0.3) is 0 Å². The number of benzene rings is 2. The summed E-state index contributed by atoms with van der Waals surface area (Å²) < 4.78 is 0.819. The van der Waals surface area contributed by atoms with E-state index in [4.69, 9.17) is 23.2 Å². The minimum atomic E-state index is 0.305. The zero-order valence-corrected chi connectivity index (χ0v) is 10.0. The average Bonchev–Trinajstić information content (AvgIpc) is 2.35. The van der Waals surface area contributed by atoms with E-state index in [0.29, 0.717) is 32.1 Å². The third kappa shape index (κ3) is 1.51. The molecule has 1 heterocycles. The summed E-state index contributed by atoms with van der Waals surface area (Å²) in [5.74, 6) is 0. The number of hydrogen-bond acceptors (Lipinski definition) is 2. The van der Waals surface area contributed by atoms with Gasteiger partial charge >= 0.3 is 0 Å². The molecule has 0 aliphatic carbocycles. The number of para-hydroxylation sites is 2. The lowest BCUT2D eigenvalue weighted by atomic mass is 10.2. The van der Waals surface area contributed by atoms with Crippen molar-refractivity contribution in [2.24, 2.45) is 0 Å². The molecule has 0 saturated heterocycles. The van der Waals surface area contributed by atoms with E-state index < -0.39 is 0 Å². The molecule has 3 aromatic rings. The fourth-order valence-electron chi connectivity index (χ4n) is 1.78. The van der Waals surface area contributed by atoms with Gasteiger partial charge in [0, 0.05) is 12.1 Å². The Balaban J connectivity index is 2.59. The predicted octanol–water partition coefficient (Wildman–Crippen LogP) is 3.33. The van der Waals surface area contributed by atoms with Crippen molar-refractivity contribution in [1.82, 2.24) is 4.98 Å². The Hall–Kier alpha value is -1.58. The maximum absolute atomic E-state index is 12.1. The molecular formula is C12H6Cl2N2O. The Labute approximate surface area is 107 Å². The van der Waals surface area contributed by atoms with Gasteiger partial charge in [0.1, 0.15) is 5.52 Å². The molecule has 0 fully saturated rings. The van der Waals surface area contributed by atoms with Crippen molar-refractivity contribution < 1.29 is 4.73 Å². The van der Waals surface area contributed by atoms with Gasteiger partial charge in [0.2, 0.25) is 11.0 Å². The minimum Gasteiger partial charge on any atom is -0.618 e. The van der Waals surface area contributed by atoms with Gasteiger partial charge in [-0.25, -0.2) is 4.98 Å². The van der Waals surface area contributed by atoms with Crippen LogP contribution in [0.3, 0.4) is 0 Å². The molecule has 0 amide bonds. The summed E-state index contributed by atoms with van der Waals surface area (Å²) in [6.45, 7) is 0. The van der Waals surface area contributed by atoms with Crippen LogP contribution in [0.4, 0.5) is 0 Å². The van der Waals surface area contributed by atoms with Crippen LogP contribution in [0, 0.1) is 5.21 Å². The van der Waals surface area contributed by atoms with Crippen LogP contribution < -0.4 is 4.73 Å². The van der Waals surface area contributed by atoms with Gasteiger partial charge < -0.3 is 5.21 Å². The quantitative estimate of drug-likeness (QED) is 0.355. The molecule has 0 bridgehead atoms. The first kappa shape index (κ1) is 10.6. The highest BCUT2D eigenvalue weighted by Gasteiger charge is 2.15. The molecule has 3 rings (SSSR count). The highest BCUT2D eigenvalue weighted by molar-refractivity contribution is 6.44. The summed E-state index contributed by atoms with van der Waals surface area (Å²) in [4.78, 5) is 4.36. The molecule has 0 aliphatic rings. The van der Waals surface area contributed by atoms with Gasteiger partial charge in [0.15, 0.2) is 5.52 Å². The molecule has 0 aliphatic heterocycles. The van der Waals surface area contributed by atoms with Crippen molar-refractivity contribution in [3.8, 4) is 0 Å². The smallest absolute Gasteiger partial charge is 0.244 e. The fraction of sp³-hybridized carbons (Fsp3) is 0. The highest BCUT2D eigenvalue weighted by atomic mass is 35.5. The molecule has 5 heteroatoms. The van der Waals surface area contributed by atoms with Crippen molar-refractivity contribution in [3.05, 3.63) is 51.7 Å². The second-order valence-corrected chi connectivity index (χ2v) is 4.41. The van der Waals surface area contributed by atoms with E-state index in [1.165, 1.54) is 0 Å². The lowest BCUT2D eigenvalue weighted by molar-refractivity contribution is -0.548. The number of halogens is 2. The second-order valence-electron chi connectivity index (χ2n) is 3.62. The van der Waals surface area contributed by atoms with Crippen molar-refractivity contribution in [2.45, 2.75) is 0 Å². The Morgan fingerprint density at radius 2 is 1.76 bits per heavy atom. The van der Waals surface area contributed by atoms with E-state index in [-0.39, 0.29) is 0 Å². The maximum Gasteiger partial charge on any atom is 0.244 e. The summed E-state index contributed by atoms with van der Waals surface area (Å²) in [6.07, 6.45) is 0. The number of nitrogens with zero attached hydrogens (tertiary/aromatic N) is 2. The van der Waals surface area contributed by atoms with Crippen molar-refractivity contribution in [1.29, 1.82) is 0 Å². The zero-order chi connectivity index (χ0) is 12.0. The van der Waals surface area contributed by atoms with E-state index in [1.807, 2.05) is 6.07 Å². The van der Waals surface area contributed by atoms with Crippen LogP contribution >= 0.6 is 23.2 Å². The van der Waals surface area contributed by atoms with Crippen LogP contribution in [-0.2, 0) is 0 Å². The molecule has 3 nitrogen and oxygen atoms in total. The lowest BCUT2D eigenvalue weighted by Crippen LogP contribution is -2.28. The highest BCUT2D eigenvalue weighted by Crippen LogP contribution is 2.28. The zero-order valence-electron chi connectivity index (χ0n) is 8.52. The summed E-state index contributed by atoms with van der Waals surface area (Å²) in [7, 11) is 0. The van der Waals surface area contributed by atoms with Crippen molar-refractivity contribution in [2.75, 3.05) is 0 Å². The second kappa shape index (κ2) is 3.72. The average molecular weight is 265 g/mol. The van der Waals surface area contributed by atoms with Gasteiger partial charge in [0.05, 0.1) is 10.0 Å². The first-order valence-corrected chi connectivity index (χ1v) is 5.70. The fourth-order valence-corrected chi connectivity index (χ4v) is 2.14. The third-order valence-electron chi connectivity index (χ3n) is 2.60. The summed E-state index contributed by atoms with van der Waals surface area (Å²) in [5, 5.41) is 12.8. The summed E-state index contributed by atoms with van der Waals surface area (Å²) in [6, 6.07) is 10.3. The Kier molecular flexibility index (Phi) is 2.31. The van der Waals surface area contributed by atoms with Crippen molar-refractivity contribution >= 4 is 45.3 Å². The first-order chi connectivity index (χ1) is 8.18. The van der Waals surface area contributed by atoms with Crippen LogP contribution in [0.2, 0.25) is 10.0 Å². The van der Waals surface area contributed by atoms with Gasteiger partial charge in [-0.1, -0.05) is 35.3 Å². The number of aromatic nitrogens is 2. The number of hydrogen-bond donors (Lipinski definition) is 0. The van der Waals surface area contributed by atoms with Crippen LogP contribution in [0.1, 0.15) is 0 Å². The van der Waals surface area contributed by atoms with Crippen LogP contribution in [0.25, 0.3) is 22.1 Å². The van der Waals surface area contributed by atoms with E-state index in [1.54, 1.807) is 30.3 Å². The van der Waals surface area contributed by atoms with Gasteiger partial charge in [-0.15, -0.1) is 0 Å². The minimum absolute atomic E-state index is 0.305. The van der Waals surface area contributed by atoms with E-state index >= 15 is 0 Å². The van der Waals surface area contributed by atoms with Gasteiger partial charge in [-0.3, -0.25) is 0 Å². The molecule has 0 N–H and O–H groups in total. The third-order valence-corrected chi connectivity index (χ3v) is 3.39. The monoisotopic (exact) mass is 264 g/mol. The normalized spacial score (nSPS) is 11.2. The molecule has 0 atom stereocenters. The molecule has 0 spiro atoms. The first-order valence-electron chi connectivity index (χ1n) is 4.94. The molecule has 84 valence electrons. The standard InChI is InChI=1S/C12H6Cl2N2O/c13-7-5-6-10-12(11(7)14)15-8-3-1-2-4-9(8)16(10)17/h1-6H. The van der Waals surface area contributed by atoms with Crippen LogP contribution in [-0.4, -0.2) is 4.98 Å². The molecule has 1 aromatic heterocycles. The molecule has 17 heavy (non-hydrogen) atoms. The Morgan fingerprint density at radius 3 is 2.59 bits per heavy atom. The topological polar surface area (TPSA) is 39.8 Å². The van der Waals surface area contributed by atoms with E-state index in [2.05, 4.69) is 4.98 Å². The maximum atomic E-state index is 12.1. The van der Waals surface area contributed by atoms with E-state index in [9.17, 15) is 5.21 Å². The molecular weight excluding hydrogens is 259 g/mol. The predicted molar refractivity (Wildman–Crippen MR) is 68.2 cm³/mol. The number of rotatable bonds is 0. The molecule has 2 aromatic carbocycles. The molecule has 0 unspecified atom stereocenters. The Bertz CT molecular complexity index is 743. The van der Waals surface area contributed by atoms with Gasteiger partial charge in [-0.05, 0) is 12.1 Å².